The fourth-order valence-corrected chi connectivity index (χ4v) is 3.16. The van der Waals surface area contributed by atoms with Gasteiger partial charge in [0.25, 0.3) is 5.91 Å². The summed E-state index contributed by atoms with van der Waals surface area (Å²) in [5, 5.41) is 3.97. The molecule has 0 aliphatic heterocycles. The number of rotatable bonds is 6. The van der Waals surface area contributed by atoms with Crippen LogP contribution in [0.1, 0.15) is 34.5 Å². The first-order valence-electron chi connectivity index (χ1n) is 8.97. The molecule has 1 aromatic heterocycles. The van der Waals surface area contributed by atoms with Gasteiger partial charge in [-0.1, -0.05) is 43.3 Å². The van der Waals surface area contributed by atoms with E-state index in [1.54, 1.807) is 6.20 Å². The van der Waals surface area contributed by atoms with Gasteiger partial charge in [0, 0.05) is 23.7 Å². The molecule has 1 unspecified atom stereocenters. The van der Waals surface area contributed by atoms with Crippen molar-refractivity contribution in [2.45, 2.75) is 19.4 Å². The normalized spacial score (nSPS) is 12.3. The van der Waals surface area contributed by atoms with Gasteiger partial charge in [0.05, 0.1) is 11.6 Å². The number of nitrogens with zero attached hydrogens (tertiary/aromatic N) is 2. The number of amides is 1. The summed E-state index contributed by atoms with van der Waals surface area (Å²) in [6.45, 7) is 2.70. The third-order valence-electron chi connectivity index (χ3n) is 4.74. The van der Waals surface area contributed by atoms with E-state index in [9.17, 15) is 4.79 Å². The Morgan fingerprint density at radius 2 is 1.85 bits per heavy atom. The number of benzene rings is 2. The molecule has 1 N–H and O–H groups in total. The van der Waals surface area contributed by atoms with E-state index in [0.29, 0.717) is 12.1 Å². The lowest BCUT2D eigenvalue weighted by atomic mass is 10.0. The van der Waals surface area contributed by atoms with E-state index in [-0.39, 0.29) is 11.9 Å². The maximum atomic E-state index is 12.8. The van der Waals surface area contributed by atoms with Crippen molar-refractivity contribution in [2.24, 2.45) is 0 Å². The Morgan fingerprint density at radius 1 is 1.08 bits per heavy atom. The third-order valence-corrected chi connectivity index (χ3v) is 4.74. The molecular formula is C22H25N3O. The third kappa shape index (κ3) is 3.92. The zero-order valence-electron chi connectivity index (χ0n) is 15.6. The SMILES string of the molecule is CCc1ccc(C(CNC(=O)c2cccc3ncccc23)N(C)C)cc1. The van der Waals surface area contributed by atoms with Crippen molar-refractivity contribution in [3.8, 4) is 0 Å². The lowest BCUT2D eigenvalue weighted by molar-refractivity contribution is 0.0943. The Bertz CT molecular complexity index is 882. The van der Waals surface area contributed by atoms with E-state index < -0.39 is 0 Å². The Morgan fingerprint density at radius 3 is 2.54 bits per heavy atom. The molecular weight excluding hydrogens is 322 g/mol. The molecule has 3 rings (SSSR count). The molecule has 0 spiro atoms. The molecule has 26 heavy (non-hydrogen) atoms. The second-order valence-electron chi connectivity index (χ2n) is 6.66. The molecule has 3 aromatic rings. The van der Waals surface area contributed by atoms with Crippen LogP contribution in [0.4, 0.5) is 0 Å². The fraction of sp³-hybridized carbons (Fsp3) is 0.273. The summed E-state index contributed by atoms with van der Waals surface area (Å²) in [5.74, 6) is -0.0689. The monoisotopic (exact) mass is 347 g/mol. The molecule has 0 aliphatic carbocycles. The largest absolute Gasteiger partial charge is 0.350 e. The van der Waals surface area contributed by atoms with E-state index in [0.717, 1.165) is 17.3 Å². The van der Waals surface area contributed by atoms with Crippen molar-refractivity contribution < 1.29 is 4.79 Å². The Labute approximate surface area is 154 Å². The maximum Gasteiger partial charge on any atom is 0.252 e. The van der Waals surface area contributed by atoms with Crippen molar-refractivity contribution in [1.29, 1.82) is 0 Å². The molecule has 0 fully saturated rings. The zero-order valence-corrected chi connectivity index (χ0v) is 15.6. The van der Waals surface area contributed by atoms with E-state index in [1.807, 2.05) is 44.4 Å². The predicted molar refractivity (Wildman–Crippen MR) is 106 cm³/mol. The van der Waals surface area contributed by atoms with Crippen LogP contribution in [0.25, 0.3) is 10.9 Å². The smallest absolute Gasteiger partial charge is 0.252 e. The molecule has 1 atom stereocenters. The molecule has 0 radical (unpaired) electrons. The Balaban J connectivity index is 1.77. The van der Waals surface area contributed by atoms with Crippen LogP contribution in [-0.2, 0) is 6.42 Å². The average molecular weight is 347 g/mol. The number of nitrogens with one attached hydrogen (secondary N) is 1. The number of pyridine rings is 1. The summed E-state index contributed by atoms with van der Waals surface area (Å²) in [6, 6.07) is 18.2. The van der Waals surface area contributed by atoms with E-state index >= 15 is 0 Å². The number of aromatic nitrogens is 1. The first kappa shape index (κ1) is 18.1. The van der Waals surface area contributed by atoms with E-state index in [4.69, 9.17) is 0 Å². The van der Waals surface area contributed by atoms with Gasteiger partial charge in [-0.25, -0.2) is 0 Å². The van der Waals surface area contributed by atoms with Gasteiger partial charge in [0.2, 0.25) is 0 Å². The van der Waals surface area contributed by atoms with Gasteiger partial charge < -0.3 is 10.2 Å². The number of carbonyl (C=O) groups is 1. The number of aryl methyl sites for hydroxylation is 1. The average Bonchev–Trinajstić information content (AvgIpc) is 2.67. The predicted octanol–water partition coefficient (Wildman–Crippen LogP) is 3.83. The van der Waals surface area contributed by atoms with Gasteiger partial charge in [-0.15, -0.1) is 0 Å². The van der Waals surface area contributed by atoms with Gasteiger partial charge >= 0.3 is 0 Å². The van der Waals surface area contributed by atoms with Gasteiger partial charge in [-0.05, 0) is 49.8 Å². The summed E-state index contributed by atoms with van der Waals surface area (Å²) in [6.07, 6.45) is 2.77. The summed E-state index contributed by atoms with van der Waals surface area (Å²) >= 11 is 0. The first-order chi connectivity index (χ1) is 12.6. The quantitative estimate of drug-likeness (QED) is 0.737. The lowest BCUT2D eigenvalue weighted by Crippen LogP contribution is -2.34. The van der Waals surface area contributed by atoms with Crippen LogP contribution in [0.5, 0.6) is 0 Å². The Kier molecular flexibility index (Phi) is 5.64. The van der Waals surface area contributed by atoms with Crippen molar-refractivity contribution in [3.05, 3.63) is 77.5 Å². The molecule has 2 aromatic carbocycles. The van der Waals surface area contributed by atoms with Crippen molar-refractivity contribution in [1.82, 2.24) is 15.2 Å². The van der Waals surface area contributed by atoms with Gasteiger partial charge in [-0.3, -0.25) is 9.78 Å². The van der Waals surface area contributed by atoms with Gasteiger partial charge in [-0.2, -0.15) is 0 Å². The second-order valence-corrected chi connectivity index (χ2v) is 6.66. The first-order valence-corrected chi connectivity index (χ1v) is 8.97. The number of fused-ring (bicyclic) bond motifs is 1. The van der Waals surface area contributed by atoms with Crippen LogP contribution >= 0.6 is 0 Å². The van der Waals surface area contributed by atoms with Crippen molar-refractivity contribution in [2.75, 3.05) is 20.6 Å². The number of hydrogen-bond acceptors (Lipinski definition) is 3. The Hall–Kier alpha value is -2.72. The highest BCUT2D eigenvalue weighted by Crippen LogP contribution is 2.20. The number of likely N-dealkylation sites (N-methyl/N-ethyl adjacent to an activating group) is 1. The van der Waals surface area contributed by atoms with Crippen LogP contribution < -0.4 is 5.32 Å². The van der Waals surface area contributed by atoms with Crippen molar-refractivity contribution in [3.63, 3.8) is 0 Å². The standard InChI is InChI=1S/C22H25N3O/c1-4-16-10-12-17(13-11-16)21(25(2)3)15-24-22(26)19-7-5-9-20-18(19)8-6-14-23-20/h5-14,21H,4,15H2,1-3H3,(H,24,26). The topological polar surface area (TPSA) is 45.2 Å². The molecule has 1 amide bonds. The lowest BCUT2D eigenvalue weighted by Gasteiger charge is -2.25. The zero-order chi connectivity index (χ0) is 18.5. The molecule has 0 saturated carbocycles. The number of hydrogen-bond donors (Lipinski definition) is 1. The minimum atomic E-state index is -0.0689. The van der Waals surface area contributed by atoms with Crippen LogP contribution in [0.15, 0.2) is 60.8 Å². The van der Waals surface area contributed by atoms with Gasteiger partial charge in [0.1, 0.15) is 0 Å². The van der Waals surface area contributed by atoms with E-state index in [2.05, 4.69) is 46.4 Å². The highest BCUT2D eigenvalue weighted by atomic mass is 16.1. The van der Waals surface area contributed by atoms with Crippen LogP contribution in [0.2, 0.25) is 0 Å². The van der Waals surface area contributed by atoms with Crippen LogP contribution in [0.3, 0.4) is 0 Å². The highest BCUT2D eigenvalue weighted by molar-refractivity contribution is 6.06. The molecule has 4 heteroatoms. The van der Waals surface area contributed by atoms with Crippen LogP contribution in [-0.4, -0.2) is 36.4 Å². The van der Waals surface area contributed by atoms with Crippen LogP contribution in [0, 0.1) is 0 Å². The maximum absolute atomic E-state index is 12.8. The molecule has 1 heterocycles. The molecule has 0 aliphatic rings. The molecule has 0 bridgehead atoms. The van der Waals surface area contributed by atoms with Gasteiger partial charge in [0.15, 0.2) is 0 Å². The second kappa shape index (κ2) is 8.11. The molecule has 0 saturated heterocycles. The molecule has 4 nitrogen and oxygen atoms in total. The molecule has 134 valence electrons. The van der Waals surface area contributed by atoms with Crippen molar-refractivity contribution >= 4 is 16.8 Å². The fourth-order valence-electron chi connectivity index (χ4n) is 3.16. The summed E-state index contributed by atoms with van der Waals surface area (Å²) in [7, 11) is 4.07. The summed E-state index contributed by atoms with van der Waals surface area (Å²) in [5.41, 5.74) is 4.01. The highest BCUT2D eigenvalue weighted by Gasteiger charge is 2.17. The minimum absolute atomic E-state index is 0.0689. The summed E-state index contributed by atoms with van der Waals surface area (Å²) < 4.78 is 0. The summed E-state index contributed by atoms with van der Waals surface area (Å²) in [4.78, 5) is 19.2. The minimum Gasteiger partial charge on any atom is -0.350 e. The van der Waals surface area contributed by atoms with E-state index in [1.165, 1.54) is 11.1 Å². The number of carbonyl (C=O) groups excluding carboxylic acids is 1.